The third-order valence-corrected chi connectivity index (χ3v) is 2.58. The minimum atomic E-state index is 0.0575. The second kappa shape index (κ2) is 3.80. The number of carbonyl (C=O) groups is 1. The molecule has 74 valence electrons. The molecule has 1 aliphatic heterocycles. The molecule has 0 bridgehead atoms. The van der Waals surface area contributed by atoms with Crippen LogP contribution in [0.4, 0.5) is 0 Å². The van der Waals surface area contributed by atoms with Crippen molar-refractivity contribution in [1.29, 1.82) is 0 Å². The molecule has 0 aliphatic carbocycles. The van der Waals surface area contributed by atoms with Crippen molar-refractivity contribution in [2.24, 2.45) is 0 Å². The number of hydrogen-bond donors (Lipinski definition) is 2. The molecular formula is C11H13NO2. The van der Waals surface area contributed by atoms with Gasteiger partial charge in [0.05, 0.1) is 6.61 Å². The van der Waals surface area contributed by atoms with Gasteiger partial charge >= 0.3 is 0 Å². The van der Waals surface area contributed by atoms with Gasteiger partial charge in [-0.25, -0.2) is 0 Å². The Kier molecular flexibility index (Phi) is 2.50. The summed E-state index contributed by atoms with van der Waals surface area (Å²) in [5, 5.41) is 11.8. The third-order valence-electron chi connectivity index (χ3n) is 2.58. The average molecular weight is 191 g/mol. The summed E-state index contributed by atoms with van der Waals surface area (Å²) in [6.07, 6.45) is 0.564. The van der Waals surface area contributed by atoms with Crippen LogP contribution in [-0.2, 0) is 11.4 Å². The zero-order valence-corrected chi connectivity index (χ0v) is 7.86. The first kappa shape index (κ1) is 9.21. The minimum absolute atomic E-state index is 0.0575. The first-order valence-corrected chi connectivity index (χ1v) is 4.76. The number of nitrogens with one attached hydrogen (secondary N) is 1. The van der Waals surface area contributed by atoms with Crippen LogP contribution in [0.1, 0.15) is 23.5 Å². The van der Waals surface area contributed by atoms with Crippen molar-refractivity contribution in [2.45, 2.75) is 18.9 Å². The average Bonchev–Trinajstić information content (AvgIpc) is 2.65. The van der Waals surface area contributed by atoms with Gasteiger partial charge in [0, 0.05) is 18.9 Å². The van der Waals surface area contributed by atoms with Crippen LogP contribution in [0, 0.1) is 0 Å². The lowest BCUT2D eigenvalue weighted by atomic mass is 9.97. The van der Waals surface area contributed by atoms with E-state index < -0.39 is 0 Å². The van der Waals surface area contributed by atoms with Gasteiger partial charge in [-0.3, -0.25) is 4.79 Å². The number of hydrogen-bond acceptors (Lipinski definition) is 2. The standard InChI is InChI=1S/C11H13NO2/c13-7-8-2-1-3-9(4-8)10-5-11(14)12-6-10/h1-4,10,13H,5-7H2,(H,12,14). The molecule has 1 amide bonds. The Morgan fingerprint density at radius 3 is 3.00 bits per heavy atom. The summed E-state index contributed by atoms with van der Waals surface area (Å²) >= 11 is 0. The predicted molar refractivity (Wildman–Crippen MR) is 52.7 cm³/mol. The van der Waals surface area contributed by atoms with E-state index in [1.165, 1.54) is 0 Å². The highest BCUT2D eigenvalue weighted by Gasteiger charge is 2.22. The quantitative estimate of drug-likeness (QED) is 0.725. The fourth-order valence-electron chi connectivity index (χ4n) is 1.79. The lowest BCUT2D eigenvalue weighted by molar-refractivity contribution is -0.119. The molecule has 14 heavy (non-hydrogen) atoms. The van der Waals surface area contributed by atoms with Gasteiger partial charge in [0.1, 0.15) is 0 Å². The summed E-state index contributed by atoms with van der Waals surface area (Å²) < 4.78 is 0. The summed E-state index contributed by atoms with van der Waals surface area (Å²) in [6.45, 7) is 0.773. The Morgan fingerprint density at radius 1 is 1.50 bits per heavy atom. The minimum Gasteiger partial charge on any atom is -0.392 e. The molecule has 1 fully saturated rings. The Morgan fingerprint density at radius 2 is 2.36 bits per heavy atom. The molecule has 1 saturated heterocycles. The summed E-state index contributed by atoms with van der Waals surface area (Å²) in [4.78, 5) is 11.0. The number of amides is 1. The van der Waals surface area contributed by atoms with Crippen LogP contribution in [0.25, 0.3) is 0 Å². The first-order valence-electron chi connectivity index (χ1n) is 4.76. The van der Waals surface area contributed by atoms with Crippen LogP contribution >= 0.6 is 0 Å². The number of aliphatic hydroxyl groups excluding tert-OH is 1. The number of benzene rings is 1. The van der Waals surface area contributed by atoms with E-state index in [9.17, 15) is 4.79 Å². The topological polar surface area (TPSA) is 49.3 Å². The van der Waals surface area contributed by atoms with E-state index in [1.54, 1.807) is 0 Å². The van der Waals surface area contributed by atoms with Crippen molar-refractivity contribution in [1.82, 2.24) is 5.32 Å². The largest absolute Gasteiger partial charge is 0.392 e. The molecule has 1 aliphatic rings. The molecule has 3 heteroatoms. The Bertz CT molecular complexity index is 349. The van der Waals surface area contributed by atoms with Crippen LogP contribution in [0.15, 0.2) is 24.3 Å². The molecule has 1 unspecified atom stereocenters. The molecule has 2 rings (SSSR count). The number of rotatable bonds is 2. The van der Waals surface area contributed by atoms with Crippen LogP contribution in [0.3, 0.4) is 0 Å². The van der Waals surface area contributed by atoms with Gasteiger partial charge in [-0.05, 0) is 11.1 Å². The number of carbonyl (C=O) groups excluding carboxylic acids is 1. The Balaban J connectivity index is 2.19. The molecule has 1 aromatic rings. The normalized spacial score (nSPS) is 20.9. The van der Waals surface area contributed by atoms with Gasteiger partial charge in [-0.2, -0.15) is 0 Å². The van der Waals surface area contributed by atoms with Crippen molar-refractivity contribution in [2.75, 3.05) is 6.54 Å². The maximum Gasteiger partial charge on any atom is 0.220 e. The van der Waals surface area contributed by atoms with E-state index in [1.807, 2.05) is 24.3 Å². The zero-order valence-electron chi connectivity index (χ0n) is 7.86. The summed E-state index contributed by atoms with van der Waals surface area (Å²) in [6, 6.07) is 7.77. The molecule has 0 saturated carbocycles. The van der Waals surface area contributed by atoms with E-state index >= 15 is 0 Å². The second-order valence-electron chi connectivity index (χ2n) is 3.61. The predicted octanol–water partition coefficient (Wildman–Crippen LogP) is 0.782. The second-order valence-corrected chi connectivity index (χ2v) is 3.61. The molecule has 0 radical (unpaired) electrons. The molecule has 2 N–H and O–H groups in total. The molecule has 3 nitrogen and oxygen atoms in total. The van der Waals surface area contributed by atoms with Crippen molar-refractivity contribution in [3.63, 3.8) is 0 Å². The van der Waals surface area contributed by atoms with Crippen molar-refractivity contribution in [3.8, 4) is 0 Å². The monoisotopic (exact) mass is 191 g/mol. The first-order chi connectivity index (χ1) is 6.79. The van der Waals surface area contributed by atoms with E-state index in [2.05, 4.69) is 5.32 Å². The summed E-state index contributed by atoms with van der Waals surface area (Å²) in [7, 11) is 0. The Labute approximate surface area is 82.8 Å². The van der Waals surface area contributed by atoms with Gasteiger partial charge < -0.3 is 10.4 Å². The SMILES string of the molecule is O=C1CC(c2cccc(CO)c2)CN1. The van der Waals surface area contributed by atoms with E-state index in [0.717, 1.165) is 11.1 Å². The van der Waals surface area contributed by atoms with Crippen molar-refractivity contribution < 1.29 is 9.90 Å². The molecular weight excluding hydrogens is 178 g/mol. The van der Waals surface area contributed by atoms with Gasteiger partial charge in [-0.15, -0.1) is 0 Å². The highest BCUT2D eigenvalue weighted by molar-refractivity contribution is 5.79. The van der Waals surface area contributed by atoms with Crippen LogP contribution < -0.4 is 5.32 Å². The zero-order chi connectivity index (χ0) is 9.97. The van der Waals surface area contributed by atoms with Crippen LogP contribution in [-0.4, -0.2) is 17.6 Å². The fourth-order valence-corrected chi connectivity index (χ4v) is 1.79. The van der Waals surface area contributed by atoms with E-state index in [0.29, 0.717) is 13.0 Å². The smallest absolute Gasteiger partial charge is 0.220 e. The summed E-state index contributed by atoms with van der Waals surface area (Å²) in [5.74, 6) is 0.387. The van der Waals surface area contributed by atoms with E-state index in [-0.39, 0.29) is 18.4 Å². The van der Waals surface area contributed by atoms with Gasteiger partial charge in [0.15, 0.2) is 0 Å². The molecule has 1 heterocycles. The fraction of sp³-hybridized carbons (Fsp3) is 0.364. The molecule has 0 spiro atoms. The van der Waals surface area contributed by atoms with Gasteiger partial charge in [0.25, 0.3) is 0 Å². The van der Waals surface area contributed by atoms with Gasteiger partial charge in [-0.1, -0.05) is 24.3 Å². The lowest BCUT2D eigenvalue weighted by Crippen LogP contribution is -2.13. The van der Waals surface area contributed by atoms with Crippen molar-refractivity contribution >= 4 is 5.91 Å². The highest BCUT2D eigenvalue weighted by atomic mass is 16.3. The maximum absolute atomic E-state index is 11.0. The van der Waals surface area contributed by atoms with E-state index in [4.69, 9.17) is 5.11 Å². The Hall–Kier alpha value is -1.35. The van der Waals surface area contributed by atoms with Crippen LogP contribution in [0.2, 0.25) is 0 Å². The summed E-state index contributed by atoms with van der Waals surface area (Å²) in [5.41, 5.74) is 2.04. The van der Waals surface area contributed by atoms with Crippen molar-refractivity contribution in [3.05, 3.63) is 35.4 Å². The number of aliphatic hydroxyl groups is 1. The molecule has 1 atom stereocenters. The maximum atomic E-state index is 11.0. The van der Waals surface area contributed by atoms with Gasteiger partial charge in [0.2, 0.25) is 5.91 Å². The highest BCUT2D eigenvalue weighted by Crippen LogP contribution is 2.23. The van der Waals surface area contributed by atoms with Crippen LogP contribution in [0.5, 0.6) is 0 Å². The molecule has 0 aromatic heterocycles. The third kappa shape index (κ3) is 1.77. The lowest BCUT2D eigenvalue weighted by Gasteiger charge is -2.08. The molecule has 1 aromatic carbocycles.